The van der Waals surface area contributed by atoms with Gasteiger partial charge in [-0.2, -0.15) is 0 Å². The fourth-order valence-electron chi connectivity index (χ4n) is 1.37. The lowest BCUT2D eigenvalue weighted by Gasteiger charge is -1.96. The van der Waals surface area contributed by atoms with Crippen molar-refractivity contribution in [1.82, 2.24) is 5.32 Å². The number of rotatable bonds is 0. The molecular formula is C9H10N. The predicted molar refractivity (Wildman–Crippen MR) is 41.5 cm³/mol. The van der Waals surface area contributed by atoms with Gasteiger partial charge in [-0.25, -0.2) is 0 Å². The maximum Gasteiger partial charge on any atom is 0.0607 e. The molecule has 1 aliphatic heterocycles. The zero-order valence-electron chi connectivity index (χ0n) is 6.09. The number of aryl methyl sites for hydroxylation is 1. The quantitative estimate of drug-likeness (QED) is 0.511. The number of hydrogen-bond donors (Lipinski definition) is 0. The first-order valence-corrected chi connectivity index (χ1v) is 3.63. The minimum Gasteiger partial charge on any atom is -0.285 e. The van der Waals surface area contributed by atoms with Crippen molar-refractivity contribution in [3.8, 4) is 0 Å². The Hall–Kier alpha value is -0.980. The van der Waals surface area contributed by atoms with Crippen LogP contribution in [-0.4, -0.2) is 6.54 Å². The summed E-state index contributed by atoms with van der Waals surface area (Å²) in [7, 11) is 0. The van der Waals surface area contributed by atoms with Crippen LogP contribution >= 0.6 is 0 Å². The Bertz CT molecular complexity index is 253. The van der Waals surface area contributed by atoms with E-state index in [1.807, 2.05) is 0 Å². The summed E-state index contributed by atoms with van der Waals surface area (Å²) in [6.07, 6.45) is 1.14. The largest absolute Gasteiger partial charge is 0.285 e. The Kier molecular flexibility index (Phi) is 1.16. The number of benzene rings is 1. The van der Waals surface area contributed by atoms with Gasteiger partial charge in [0.2, 0.25) is 0 Å². The van der Waals surface area contributed by atoms with Crippen molar-refractivity contribution in [2.45, 2.75) is 13.3 Å². The molecule has 0 saturated carbocycles. The molecule has 10 heavy (non-hydrogen) atoms. The van der Waals surface area contributed by atoms with Gasteiger partial charge in [-0.15, -0.1) is 0 Å². The van der Waals surface area contributed by atoms with Crippen molar-refractivity contribution in [3.05, 3.63) is 29.3 Å². The molecule has 1 radical (unpaired) electrons. The van der Waals surface area contributed by atoms with Crippen molar-refractivity contribution < 1.29 is 0 Å². The molecule has 1 heterocycles. The van der Waals surface area contributed by atoms with E-state index < -0.39 is 0 Å². The molecule has 51 valence electrons. The van der Waals surface area contributed by atoms with Crippen LogP contribution in [0.2, 0.25) is 0 Å². The van der Waals surface area contributed by atoms with E-state index in [2.05, 4.69) is 30.4 Å². The van der Waals surface area contributed by atoms with Crippen LogP contribution in [0.5, 0.6) is 0 Å². The van der Waals surface area contributed by atoms with Crippen LogP contribution in [0.4, 0.5) is 5.69 Å². The van der Waals surface area contributed by atoms with Gasteiger partial charge in [-0.05, 0) is 25.0 Å². The molecule has 0 spiro atoms. The smallest absolute Gasteiger partial charge is 0.0607 e. The summed E-state index contributed by atoms with van der Waals surface area (Å²) in [5.74, 6) is 0. The summed E-state index contributed by atoms with van der Waals surface area (Å²) < 4.78 is 0. The number of nitrogens with zero attached hydrogens (tertiary/aromatic N) is 1. The first kappa shape index (κ1) is 5.78. The maximum absolute atomic E-state index is 4.34. The standard InChI is InChI=1S/C9H10N/c1-7-2-3-9-8(6-7)4-5-10-9/h2-3,6H,4-5H2,1H3. The predicted octanol–water partition coefficient (Wildman–Crippen LogP) is 1.79. The fourth-order valence-corrected chi connectivity index (χ4v) is 1.37. The molecular weight excluding hydrogens is 122 g/mol. The summed E-state index contributed by atoms with van der Waals surface area (Å²) in [6, 6.07) is 6.46. The molecule has 1 nitrogen and oxygen atoms in total. The molecule has 0 aliphatic carbocycles. The lowest BCUT2D eigenvalue weighted by Crippen LogP contribution is -1.88. The van der Waals surface area contributed by atoms with Crippen molar-refractivity contribution in [2.75, 3.05) is 6.54 Å². The van der Waals surface area contributed by atoms with E-state index >= 15 is 0 Å². The highest BCUT2D eigenvalue weighted by Gasteiger charge is 2.09. The van der Waals surface area contributed by atoms with E-state index in [1.165, 1.54) is 16.8 Å². The Balaban J connectivity index is 2.52. The molecule has 0 atom stereocenters. The van der Waals surface area contributed by atoms with Gasteiger partial charge in [-0.3, -0.25) is 5.32 Å². The Labute approximate surface area is 61.1 Å². The minimum absolute atomic E-state index is 0.985. The molecule has 0 aromatic heterocycles. The molecule has 0 N–H and O–H groups in total. The minimum atomic E-state index is 0.985. The van der Waals surface area contributed by atoms with Gasteiger partial charge in [0.05, 0.1) is 5.69 Å². The van der Waals surface area contributed by atoms with E-state index in [0.717, 1.165) is 13.0 Å². The summed E-state index contributed by atoms with van der Waals surface area (Å²) in [6.45, 7) is 3.11. The van der Waals surface area contributed by atoms with E-state index in [0.29, 0.717) is 0 Å². The third-order valence-electron chi connectivity index (χ3n) is 1.90. The number of fused-ring (bicyclic) bond motifs is 1. The van der Waals surface area contributed by atoms with Crippen LogP contribution < -0.4 is 5.32 Å². The van der Waals surface area contributed by atoms with Crippen LogP contribution in [0.3, 0.4) is 0 Å². The summed E-state index contributed by atoms with van der Waals surface area (Å²) in [5, 5.41) is 4.34. The van der Waals surface area contributed by atoms with Gasteiger partial charge in [0, 0.05) is 6.54 Å². The molecule has 2 rings (SSSR count). The third kappa shape index (κ3) is 0.783. The monoisotopic (exact) mass is 132 g/mol. The molecule has 0 unspecified atom stereocenters. The second-order valence-electron chi connectivity index (χ2n) is 2.76. The lowest BCUT2D eigenvalue weighted by atomic mass is 10.1. The van der Waals surface area contributed by atoms with Crippen LogP contribution in [0.1, 0.15) is 11.1 Å². The summed E-state index contributed by atoms with van der Waals surface area (Å²) >= 11 is 0. The molecule has 0 fully saturated rings. The van der Waals surface area contributed by atoms with Gasteiger partial charge in [0.15, 0.2) is 0 Å². The van der Waals surface area contributed by atoms with Crippen LogP contribution in [0, 0.1) is 6.92 Å². The lowest BCUT2D eigenvalue weighted by molar-refractivity contribution is 0.909. The van der Waals surface area contributed by atoms with Gasteiger partial charge < -0.3 is 0 Å². The highest BCUT2D eigenvalue weighted by atomic mass is 14.9. The van der Waals surface area contributed by atoms with E-state index in [9.17, 15) is 0 Å². The van der Waals surface area contributed by atoms with Crippen LogP contribution in [0.25, 0.3) is 0 Å². The van der Waals surface area contributed by atoms with E-state index in [1.54, 1.807) is 0 Å². The zero-order chi connectivity index (χ0) is 6.97. The van der Waals surface area contributed by atoms with Gasteiger partial charge in [0.1, 0.15) is 0 Å². The summed E-state index contributed by atoms with van der Waals surface area (Å²) in [4.78, 5) is 0. The highest BCUT2D eigenvalue weighted by molar-refractivity contribution is 5.49. The Morgan fingerprint density at radius 1 is 1.40 bits per heavy atom. The second-order valence-corrected chi connectivity index (χ2v) is 2.76. The molecule has 0 saturated heterocycles. The zero-order valence-corrected chi connectivity index (χ0v) is 6.09. The van der Waals surface area contributed by atoms with Crippen molar-refractivity contribution >= 4 is 5.69 Å². The average Bonchev–Trinajstić information content (AvgIpc) is 2.33. The maximum atomic E-state index is 4.34. The van der Waals surface area contributed by atoms with E-state index in [4.69, 9.17) is 0 Å². The molecule has 0 bridgehead atoms. The van der Waals surface area contributed by atoms with E-state index in [-0.39, 0.29) is 0 Å². The topological polar surface area (TPSA) is 14.1 Å². The molecule has 1 aromatic rings. The normalized spacial score (nSPS) is 14.5. The Morgan fingerprint density at radius 3 is 3.20 bits per heavy atom. The van der Waals surface area contributed by atoms with Crippen LogP contribution in [0.15, 0.2) is 18.2 Å². The molecule has 1 heteroatoms. The average molecular weight is 132 g/mol. The van der Waals surface area contributed by atoms with Crippen LogP contribution in [-0.2, 0) is 6.42 Å². The first-order valence-electron chi connectivity index (χ1n) is 3.63. The fraction of sp³-hybridized carbons (Fsp3) is 0.333. The molecule has 0 amide bonds. The van der Waals surface area contributed by atoms with Crippen molar-refractivity contribution in [1.29, 1.82) is 0 Å². The summed E-state index contributed by atoms with van der Waals surface area (Å²) in [5.41, 5.74) is 3.96. The first-order chi connectivity index (χ1) is 4.86. The SMILES string of the molecule is Cc1ccc2c(c1)CC[N]2. The highest BCUT2D eigenvalue weighted by Crippen LogP contribution is 2.22. The molecule has 1 aromatic carbocycles. The van der Waals surface area contributed by atoms with Crippen molar-refractivity contribution in [3.63, 3.8) is 0 Å². The second kappa shape index (κ2) is 2.01. The van der Waals surface area contributed by atoms with Crippen molar-refractivity contribution in [2.24, 2.45) is 0 Å². The van der Waals surface area contributed by atoms with Gasteiger partial charge in [0.25, 0.3) is 0 Å². The number of hydrogen-bond acceptors (Lipinski definition) is 0. The third-order valence-corrected chi connectivity index (χ3v) is 1.90. The Morgan fingerprint density at radius 2 is 2.30 bits per heavy atom. The van der Waals surface area contributed by atoms with Gasteiger partial charge >= 0.3 is 0 Å². The van der Waals surface area contributed by atoms with Gasteiger partial charge in [-0.1, -0.05) is 17.7 Å². The molecule has 1 aliphatic rings.